The number of carbonyl (C=O) groups is 2. The van der Waals surface area contributed by atoms with Gasteiger partial charge in [-0.1, -0.05) is 68.4 Å². The SMILES string of the molecule is CC(C)c1ccc([C@@H](NC(=O)[C@@H]2C[C@@H](F)CN2C(=O)C(C)(C)C(N)=NC=N)c2ccccc2)cc1. The van der Waals surface area contributed by atoms with Crippen LogP contribution in [0.4, 0.5) is 4.39 Å². The topological polar surface area (TPSA) is 112 Å². The molecule has 7 nitrogen and oxygen atoms in total. The highest BCUT2D eigenvalue weighted by Gasteiger charge is 2.46. The third-order valence-electron chi connectivity index (χ3n) is 6.55. The van der Waals surface area contributed by atoms with E-state index >= 15 is 0 Å². The number of carbonyl (C=O) groups excluding carboxylic acids is 2. The normalized spacial score (nSPS) is 19.5. The van der Waals surface area contributed by atoms with E-state index in [4.69, 9.17) is 11.1 Å². The molecule has 4 N–H and O–H groups in total. The van der Waals surface area contributed by atoms with Crippen molar-refractivity contribution in [2.75, 3.05) is 6.54 Å². The molecule has 2 aromatic rings. The molecule has 1 fully saturated rings. The molecule has 1 aliphatic heterocycles. The molecule has 1 aliphatic rings. The molecule has 1 heterocycles. The van der Waals surface area contributed by atoms with Gasteiger partial charge in [-0.2, -0.15) is 0 Å². The third-order valence-corrected chi connectivity index (χ3v) is 6.55. The molecule has 3 rings (SSSR count). The van der Waals surface area contributed by atoms with Crippen LogP contribution in [-0.2, 0) is 9.59 Å². The molecule has 2 amide bonds. The molecule has 0 aromatic heterocycles. The highest BCUT2D eigenvalue weighted by atomic mass is 19.1. The number of rotatable bonds is 8. The zero-order chi connectivity index (χ0) is 25.8. The fourth-order valence-electron chi connectivity index (χ4n) is 4.27. The Hall–Kier alpha value is -3.55. The van der Waals surface area contributed by atoms with Crippen LogP contribution in [-0.4, -0.2) is 47.6 Å². The fourth-order valence-corrected chi connectivity index (χ4v) is 4.27. The summed E-state index contributed by atoms with van der Waals surface area (Å²) in [6, 6.07) is 16.2. The zero-order valence-corrected chi connectivity index (χ0v) is 20.7. The van der Waals surface area contributed by atoms with Crippen LogP contribution in [0, 0.1) is 10.8 Å². The number of benzene rings is 2. The van der Waals surface area contributed by atoms with Gasteiger partial charge in [-0.25, -0.2) is 9.38 Å². The molecule has 0 bridgehead atoms. The van der Waals surface area contributed by atoms with Crippen LogP contribution in [0.5, 0.6) is 0 Å². The number of hydrogen-bond donors (Lipinski definition) is 3. The summed E-state index contributed by atoms with van der Waals surface area (Å²) in [6.07, 6.45) is -0.666. The van der Waals surface area contributed by atoms with Crippen molar-refractivity contribution in [3.8, 4) is 0 Å². The minimum Gasteiger partial charge on any atom is -0.386 e. The van der Waals surface area contributed by atoms with E-state index in [0.29, 0.717) is 5.92 Å². The number of amidine groups is 1. The molecule has 8 heteroatoms. The van der Waals surface area contributed by atoms with Crippen molar-refractivity contribution in [3.63, 3.8) is 0 Å². The Morgan fingerprint density at radius 3 is 2.26 bits per heavy atom. The highest BCUT2D eigenvalue weighted by molar-refractivity contribution is 6.09. The lowest BCUT2D eigenvalue weighted by atomic mass is 9.89. The number of alkyl halides is 1. The average molecular weight is 480 g/mol. The van der Waals surface area contributed by atoms with Gasteiger partial charge in [0.15, 0.2) is 0 Å². The number of aliphatic imine (C=N–C) groups is 1. The molecule has 1 saturated heterocycles. The predicted octanol–water partition coefficient (Wildman–Crippen LogP) is 3.95. The van der Waals surface area contributed by atoms with Gasteiger partial charge >= 0.3 is 0 Å². The van der Waals surface area contributed by atoms with E-state index in [1.54, 1.807) is 13.8 Å². The van der Waals surface area contributed by atoms with Crippen molar-refractivity contribution in [1.82, 2.24) is 10.2 Å². The van der Waals surface area contributed by atoms with Gasteiger partial charge < -0.3 is 16.0 Å². The standard InChI is InChI=1S/C27H34FN5O2/c1-17(2)18-10-12-20(13-11-18)23(19-8-6-5-7-9-19)32-24(34)22-14-21(28)15-33(22)26(35)27(3,4)25(30)31-16-29/h5-13,16-17,21-23H,14-15H2,1-4H3,(H,32,34)(H3,29,30,31)/t21-,22+,23+/m1/s1. The van der Waals surface area contributed by atoms with Crippen LogP contribution < -0.4 is 11.1 Å². The van der Waals surface area contributed by atoms with Gasteiger partial charge in [-0.05, 0) is 36.5 Å². The van der Waals surface area contributed by atoms with E-state index < -0.39 is 35.5 Å². The van der Waals surface area contributed by atoms with E-state index in [-0.39, 0.29) is 18.8 Å². The lowest BCUT2D eigenvalue weighted by molar-refractivity contribution is -0.143. The first kappa shape index (κ1) is 26.1. The van der Waals surface area contributed by atoms with Crippen LogP contribution in [0.15, 0.2) is 59.6 Å². The van der Waals surface area contributed by atoms with Gasteiger partial charge in [0.25, 0.3) is 0 Å². The summed E-state index contributed by atoms with van der Waals surface area (Å²) in [6.45, 7) is 7.15. The van der Waals surface area contributed by atoms with Crippen molar-refractivity contribution >= 4 is 24.0 Å². The maximum Gasteiger partial charge on any atom is 0.243 e. The Morgan fingerprint density at radius 2 is 1.69 bits per heavy atom. The van der Waals surface area contributed by atoms with E-state index in [1.165, 1.54) is 10.5 Å². The Bertz CT molecular complexity index is 1080. The molecule has 186 valence electrons. The maximum atomic E-state index is 14.5. The lowest BCUT2D eigenvalue weighted by Gasteiger charge is -2.32. The molecule has 0 spiro atoms. The Kier molecular flexibility index (Phi) is 8.04. The lowest BCUT2D eigenvalue weighted by Crippen LogP contribution is -2.53. The van der Waals surface area contributed by atoms with Crippen molar-refractivity contribution in [2.45, 2.75) is 58.3 Å². The van der Waals surface area contributed by atoms with Crippen molar-refractivity contribution < 1.29 is 14.0 Å². The largest absolute Gasteiger partial charge is 0.386 e. The van der Waals surface area contributed by atoms with Gasteiger partial charge in [-0.15, -0.1) is 0 Å². The van der Waals surface area contributed by atoms with Crippen LogP contribution >= 0.6 is 0 Å². The number of nitrogens with zero attached hydrogens (tertiary/aromatic N) is 2. The van der Waals surface area contributed by atoms with E-state index in [1.807, 2.05) is 54.6 Å². The number of nitrogens with one attached hydrogen (secondary N) is 2. The molecule has 35 heavy (non-hydrogen) atoms. The fraction of sp³-hybridized carbons (Fsp3) is 0.407. The van der Waals surface area contributed by atoms with Crippen LogP contribution in [0.3, 0.4) is 0 Å². The van der Waals surface area contributed by atoms with E-state index in [0.717, 1.165) is 17.5 Å². The van der Waals surface area contributed by atoms with E-state index in [2.05, 4.69) is 24.2 Å². The summed E-state index contributed by atoms with van der Waals surface area (Å²) in [4.78, 5) is 31.8. The van der Waals surface area contributed by atoms with Gasteiger partial charge in [0.2, 0.25) is 11.8 Å². The molecule has 3 atom stereocenters. The first-order valence-corrected chi connectivity index (χ1v) is 11.8. The first-order chi connectivity index (χ1) is 16.6. The molecule has 0 aliphatic carbocycles. The number of nitrogens with two attached hydrogens (primary N) is 1. The van der Waals surface area contributed by atoms with Gasteiger partial charge in [-0.3, -0.25) is 15.0 Å². The summed E-state index contributed by atoms with van der Waals surface area (Å²) >= 11 is 0. The summed E-state index contributed by atoms with van der Waals surface area (Å²) in [5, 5.41) is 10.2. The molecular weight excluding hydrogens is 445 g/mol. The third kappa shape index (κ3) is 5.75. The second-order valence-corrected chi connectivity index (χ2v) is 9.75. The zero-order valence-electron chi connectivity index (χ0n) is 20.7. The minimum absolute atomic E-state index is 0.0635. The average Bonchev–Trinajstić information content (AvgIpc) is 3.24. The molecule has 0 radical (unpaired) electrons. The molecule has 2 aromatic carbocycles. The van der Waals surface area contributed by atoms with Crippen molar-refractivity contribution in [2.24, 2.45) is 16.1 Å². The maximum absolute atomic E-state index is 14.5. The number of halogens is 1. The minimum atomic E-state index is -1.33. The Labute approximate surface area is 206 Å². The molecule has 0 unspecified atom stereocenters. The highest BCUT2D eigenvalue weighted by Crippen LogP contribution is 2.30. The number of hydrogen-bond acceptors (Lipinski definition) is 3. The van der Waals surface area contributed by atoms with Crippen molar-refractivity contribution in [1.29, 1.82) is 5.41 Å². The van der Waals surface area contributed by atoms with Crippen molar-refractivity contribution in [3.05, 3.63) is 71.3 Å². The van der Waals surface area contributed by atoms with Gasteiger partial charge in [0.1, 0.15) is 29.8 Å². The van der Waals surface area contributed by atoms with Gasteiger partial charge in [0, 0.05) is 6.42 Å². The van der Waals surface area contributed by atoms with Gasteiger partial charge in [0.05, 0.1) is 12.6 Å². The summed E-state index contributed by atoms with van der Waals surface area (Å²) < 4.78 is 14.5. The van der Waals surface area contributed by atoms with Crippen LogP contribution in [0.1, 0.15) is 62.8 Å². The summed E-state index contributed by atoms with van der Waals surface area (Å²) in [5.41, 5.74) is 7.59. The second kappa shape index (κ2) is 10.8. The smallest absolute Gasteiger partial charge is 0.243 e. The number of likely N-dealkylation sites (tertiary alicyclic amines) is 1. The van der Waals surface area contributed by atoms with Crippen LogP contribution in [0.25, 0.3) is 0 Å². The number of amides is 2. The molecular formula is C27H34FN5O2. The summed E-state index contributed by atoms with van der Waals surface area (Å²) in [5.74, 6) is -0.621. The predicted molar refractivity (Wildman–Crippen MR) is 136 cm³/mol. The first-order valence-electron chi connectivity index (χ1n) is 11.8. The quantitative estimate of drug-likeness (QED) is 0.394. The monoisotopic (exact) mass is 479 g/mol. The van der Waals surface area contributed by atoms with E-state index in [9.17, 15) is 14.0 Å². The second-order valence-electron chi connectivity index (χ2n) is 9.75. The Morgan fingerprint density at radius 1 is 1.11 bits per heavy atom. The molecule has 0 saturated carbocycles. The van der Waals surface area contributed by atoms with Crippen LogP contribution in [0.2, 0.25) is 0 Å². The summed E-state index contributed by atoms with van der Waals surface area (Å²) in [7, 11) is 0. The Balaban J connectivity index is 1.90.